The lowest BCUT2D eigenvalue weighted by Crippen LogP contribution is -1.82. The zero-order chi connectivity index (χ0) is 10.1. The number of nitrogens with zero attached hydrogens (tertiary/aromatic N) is 2. The fourth-order valence-corrected chi connectivity index (χ4v) is 1.59. The van der Waals surface area contributed by atoms with Gasteiger partial charge in [0, 0.05) is 4.47 Å². The molecule has 0 aliphatic carbocycles. The van der Waals surface area contributed by atoms with Crippen molar-refractivity contribution in [3.63, 3.8) is 0 Å². The molecular formula is C9H6BrFN2O. The summed E-state index contributed by atoms with van der Waals surface area (Å²) >= 11 is 3.23. The Labute approximate surface area is 88.1 Å². The second-order valence-corrected chi connectivity index (χ2v) is 3.63. The maximum atomic E-state index is 12.8. The first-order chi connectivity index (χ1) is 6.66. The molecule has 0 N–H and O–H groups in total. The van der Waals surface area contributed by atoms with Gasteiger partial charge in [0.25, 0.3) is 5.89 Å². The van der Waals surface area contributed by atoms with Crippen molar-refractivity contribution in [2.24, 2.45) is 0 Å². The predicted molar refractivity (Wildman–Crippen MR) is 52.1 cm³/mol. The minimum atomic E-state index is -0.308. The SMILES string of the molecule is Cc1noc(-c2ccc(F)cc2Br)n1. The lowest BCUT2D eigenvalue weighted by Gasteiger charge is -1.97. The number of benzene rings is 1. The maximum absolute atomic E-state index is 12.8. The molecule has 0 radical (unpaired) electrons. The van der Waals surface area contributed by atoms with E-state index in [1.807, 2.05) is 0 Å². The minimum Gasteiger partial charge on any atom is -0.334 e. The summed E-state index contributed by atoms with van der Waals surface area (Å²) < 4.78 is 18.3. The Kier molecular flexibility index (Phi) is 2.33. The molecule has 0 saturated heterocycles. The van der Waals surface area contributed by atoms with E-state index in [-0.39, 0.29) is 5.82 Å². The monoisotopic (exact) mass is 256 g/mol. The van der Waals surface area contributed by atoms with Crippen LogP contribution in [0.1, 0.15) is 5.82 Å². The second kappa shape index (κ2) is 3.49. The molecule has 1 heterocycles. The van der Waals surface area contributed by atoms with Gasteiger partial charge in [-0.2, -0.15) is 4.98 Å². The van der Waals surface area contributed by atoms with Crippen LogP contribution in [-0.4, -0.2) is 10.1 Å². The molecule has 14 heavy (non-hydrogen) atoms. The summed E-state index contributed by atoms with van der Waals surface area (Å²) in [6.07, 6.45) is 0. The van der Waals surface area contributed by atoms with Crippen LogP contribution in [0.2, 0.25) is 0 Å². The lowest BCUT2D eigenvalue weighted by atomic mass is 10.2. The van der Waals surface area contributed by atoms with Crippen molar-refractivity contribution in [3.05, 3.63) is 34.3 Å². The lowest BCUT2D eigenvalue weighted by molar-refractivity contribution is 0.425. The molecule has 2 rings (SSSR count). The Morgan fingerprint density at radius 2 is 2.21 bits per heavy atom. The Balaban J connectivity index is 2.52. The molecule has 0 saturated carbocycles. The molecular weight excluding hydrogens is 251 g/mol. The topological polar surface area (TPSA) is 38.9 Å². The van der Waals surface area contributed by atoms with E-state index in [2.05, 4.69) is 26.1 Å². The summed E-state index contributed by atoms with van der Waals surface area (Å²) in [6, 6.07) is 4.29. The van der Waals surface area contributed by atoms with E-state index in [9.17, 15) is 4.39 Å². The van der Waals surface area contributed by atoms with Crippen molar-refractivity contribution in [2.75, 3.05) is 0 Å². The highest BCUT2D eigenvalue weighted by Gasteiger charge is 2.10. The third kappa shape index (κ3) is 1.68. The molecule has 5 heteroatoms. The fourth-order valence-electron chi connectivity index (χ4n) is 1.07. The van der Waals surface area contributed by atoms with Gasteiger partial charge in [-0.25, -0.2) is 4.39 Å². The smallest absolute Gasteiger partial charge is 0.259 e. The van der Waals surface area contributed by atoms with Gasteiger partial charge in [-0.05, 0) is 41.1 Å². The van der Waals surface area contributed by atoms with E-state index in [1.165, 1.54) is 12.1 Å². The Morgan fingerprint density at radius 3 is 2.79 bits per heavy atom. The quantitative estimate of drug-likeness (QED) is 0.788. The number of halogens is 2. The van der Waals surface area contributed by atoms with Crippen LogP contribution in [0.15, 0.2) is 27.2 Å². The van der Waals surface area contributed by atoms with Gasteiger partial charge in [-0.15, -0.1) is 0 Å². The summed E-state index contributed by atoms with van der Waals surface area (Å²) in [5, 5.41) is 3.66. The first-order valence-corrected chi connectivity index (χ1v) is 4.72. The molecule has 0 amide bonds. The van der Waals surface area contributed by atoms with Gasteiger partial charge in [-0.1, -0.05) is 5.16 Å². The normalized spacial score (nSPS) is 10.5. The molecule has 0 aliphatic heterocycles. The zero-order valence-electron chi connectivity index (χ0n) is 7.29. The van der Waals surface area contributed by atoms with Crippen LogP contribution in [0.25, 0.3) is 11.5 Å². The molecule has 0 spiro atoms. The van der Waals surface area contributed by atoms with Crippen LogP contribution in [0.3, 0.4) is 0 Å². The Hall–Kier alpha value is -1.23. The Bertz CT molecular complexity index is 470. The first-order valence-electron chi connectivity index (χ1n) is 3.92. The number of aromatic nitrogens is 2. The van der Waals surface area contributed by atoms with E-state index < -0.39 is 0 Å². The fraction of sp³-hybridized carbons (Fsp3) is 0.111. The van der Waals surface area contributed by atoms with Gasteiger partial charge in [0.05, 0.1) is 5.56 Å². The van der Waals surface area contributed by atoms with Crippen molar-refractivity contribution < 1.29 is 8.91 Å². The van der Waals surface area contributed by atoms with Crippen molar-refractivity contribution in [3.8, 4) is 11.5 Å². The molecule has 0 aliphatic rings. The van der Waals surface area contributed by atoms with Crippen molar-refractivity contribution in [1.82, 2.24) is 10.1 Å². The third-order valence-corrected chi connectivity index (χ3v) is 2.35. The van der Waals surface area contributed by atoms with Crippen LogP contribution in [0.5, 0.6) is 0 Å². The predicted octanol–water partition coefficient (Wildman–Crippen LogP) is 2.95. The van der Waals surface area contributed by atoms with Gasteiger partial charge >= 0.3 is 0 Å². The highest BCUT2D eigenvalue weighted by atomic mass is 79.9. The van der Waals surface area contributed by atoms with E-state index in [0.29, 0.717) is 21.8 Å². The highest BCUT2D eigenvalue weighted by Crippen LogP contribution is 2.27. The summed E-state index contributed by atoms with van der Waals surface area (Å²) in [7, 11) is 0. The van der Waals surface area contributed by atoms with Crippen LogP contribution >= 0.6 is 15.9 Å². The first kappa shape index (κ1) is 9.33. The zero-order valence-corrected chi connectivity index (χ0v) is 8.88. The third-order valence-electron chi connectivity index (χ3n) is 1.69. The van der Waals surface area contributed by atoms with Gasteiger partial charge in [0.2, 0.25) is 0 Å². The molecule has 1 aromatic carbocycles. The van der Waals surface area contributed by atoms with Gasteiger partial charge < -0.3 is 4.52 Å². The summed E-state index contributed by atoms with van der Waals surface area (Å²) in [5.41, 5.74) is 0.687. The highest BCUT2D eigenvalue weighted by molar-refractivity contribution is 9.10. The van der Waals surface area contributed by atoms with Gasteiger partial charge in [-0.3, -0.25) is 0 Å². The number of rotatable bonds is 1. The second-order valence-electron chi connectivity index (χ2n) is 2.77. The standard InChI is InChI=1S/C9H6BrFN2O/c1-5-12-9(14-13-5)7-3-2-6(11)4-8(7)10/h2-4H,1H3. The largest absolute Gasteiger partial charge is 0.334 e. The number of hydrogen-bond donors (Lipinski definition) is 0. The molecule has 1 aromatic heterocycles. The molecule has 72 valence electrons. The number of aryl methyl sites for hydroxylation is 1. The van der Waals surface area contributed by atoms with Crippen molar-refractivity contribution in [1.29, 1.82) is 0 Å². The van der Waals surface area contributed by atoms with E-state index >= 15 is 0 Å². The van der Waals surface area contributed by atoms with Gasteiger partial charge in [0.1, 0.15) is 5.82 Å². The molecule has 0 unspecified atom stereocenters. The van der Waals surface area contributed by atoms with Crippen LogP contribution in [0, 0.1) is 12.7 Å². The summed E-state index contributed by atoms with van der Waals surface area (Å²) in [5.74, 6) is 0.627. The van der Waals surface area contributed by atoms with Gasteiger partial charge in [0.15, 0.2) is 5.82 Å². The van der Waals surface area contributed by atoms with E-state index in [0.717, 1.165) is 0 Å². The molecule has 0 fully saturated rings. The molecule has 2 aromatic rings. The average Bonchev–Trinajstić information content (AvgIpc) is 2.51. The summed E-state index contributed by atoms with van der Waals surface area (Å²) in [6.45, 7) is 1.73. The van der Waals surface area contributed by atoms with Crippen molar-refractivity contribution in [2.45, 2.75) is 6.92 Å². The van der Waals surface area contributed by atoms with Crippen LogP contribution in [0.4, 0.5) is 4.39 Å². The van der Waals surface area contributed by atoms with Crippen LogP contribution < -0.4 is 0 Å². The maximum Gasteiger partial charge on any atom is 0.259 e. The van der Waals surface area contributed by atoms with Crippen molar-refractivity contribution >= 4 is 15.9 Å². The average molecular weight is 257 g/mol. The van der Waals surface area contributed by atoms with E-state index in [4.69, 9.17) is 4.52 Å². The van der Waals surface area contributed by atoms with Crippen LogP contribution in [-0.2, 0) is 0 Å². The molecule has 3 nitrogen and oxygen atoms in total. The van der Waals surface area contributed by atoms with E-state index in [1.54, 1.807) is 13.0 Å². The Morgan fingerprint density at radius 1 is 1.43 bits per heavy atom. The summed E-state index contributed by atoms with van der Waals surface area (Å²) in [4.78, 5) is 4.04. The molecule has 0 atom stereocenters. The minimum absolute atomic E-state index is 0.308. The molecule has 0 bridgehead atoms. The number of hydrogen-bond acceptors (Lipinski definition) is 3.